The van der Waals surface area contributed by atoms with E-state index in [0.717, 1.165) is 23.5 Å². The van der Waals surface area contributed by atoms with Gasteiger partial charge in [0, 0.05) is 19.8 Å². The van der Waals surface area contributed by atoms with Gasteiger partial charge < -0.3 is 0 Å². The lowest BCUT2D eigenvalue weighted by Crippen LogP contribution is -2.24. The first-order valence-electron chi connectivity index (χ1n) is 4.54. The highest BCUT2D eigenvalue weighted by atomic mass is 79.9. The molecule has 0 saturated heterocycles. The van der Waals surface area contributed by atoms with Gasteiger partial charge in [-0.3, -0.25) is 0 Å². The van der Waals surface area contributed by atoms with Gasteiger partial charge in [0.05, 0.1) is 0 Å². The molecule has 0 heterocycles. The van der Waals surface area contributed by atoms with Crippen molar-refractivity contribution in [2.75, 3.05) is 10.7 Å². The summed E-state index contributed by atoms with van der Waals surface area (Å²) in [7, 11) is 0. The maximum Gasteiger partial charge on any atom is 0.0326 e. The molecule has 0 N–H and O–H groups in total. The largest absolute Gasteiger partial charge is 0.0883 e. The van der Waals surface area contributed by atoms with Gasteiger partial charge >= 0.3 is 0 Å². The van der Waals surface area contributed by atoms with Crippen molar-refractivity contribution in [2.24, 2.45) is 0 Å². The van der Waals surface area contributed by atoms with Gasteiger partial charge in [-0.25, -0.2) is 0 Å². The van der Waals surface area contributed by atoms with Gasteiger partial charge in [0.15, 0.2) is 0 Å². The zero-order chi connectivity index (χ0) is 11.2. The highest BCUT2D eigenvalue weighted by Crippen LogP contribution is 2.31. The molecule has 0 aromatic heterocycles. The van der Waals surface area contributed by atoms with Crippen molar-refractivity contribution in [2.45, 2.75) is 35.8 Å². The van der Waals surface area contributed by atoms with Gasteiger partial charge in [0.25, 0.3) is 0 Å². The number of halogens is 4. The molecule has 0 aliphatic heterocycles. The Morgan fingerprint density at radius 2 is 1.93 bits per heavy atom. The first-order valence-corrected chi connectivity index (χ1v) is 8.49. The third kappa shape index (κ3) is 7.02. The molecule has 1 atom stereocenters. The number of hydrogen-bond donors (Lipinski definition) is 0. The summed E-state index contributed by atoms with van der Waals surface area (Å²) in [5.41, 5.74) is 1.46. The van der Waals surface area contributed by atoms with Gasteiger partial charge in [-0.15, -0.1) is 0 Å². The summed E-state index contributed by atoms with van der Waals surface area (Å²) >= 11 is 14.3. The van der Waals surface area contributed by atoms with E-state index < -0.39 is 0 Å². The van der Waals surface area contributed by atoms with E-state index in [4.69, 9.17) is 0 Å². The highest BCUT2D eigenvalue weighted by Gasteiger charge is 2.23. The van der Waals surface area contributed by atoms with Crippen LogP contribution in [-0.4, -0.2) is 19.8 Å². The Balaban J connectivity index is 3.98. The SMILES string of the molecule is CC(C)(Br)C(Br)CCC(=CCBr)CBr. The van der Waals surface area contributed by atoms with Crippen molar-refractivity contribution in [1.29, 1.82) is 0 Å². The number of allylic oxidation sites excluding steroid dienone is 2. The molecule has 0 aliphatic rings. The van der Waals surface area contributed by atoms with Crippen molar-refractivity contribution >= 4 is 63.7 Å². The van der Waals surface area contributed by atoms with Crippen LogP contribution in [0.4, 0.5) is 0 Å². The molecule has 4 heteroatoms. The van der Waals surface area contributed by atoms with Crippen LogP contribution >= 0.6 is 63.7 Å². The molecule has 1 unspecified atom stereocenters. The summed E-state index contributed by atoms with van der Waals surface area (Å²) in [6, 6.07) is 0. The molecule has 0 aromatic rings. The molecule has 0 saturated carbocycles. The number of rotatable bonds is 6. The molecular formula is C10H16Br4. The predicted octanol–water partition coefficient (Wildman–Crippen LogP) is 5.42. The summed E-state index contributed by atoms with van der Waals surface area (Å²) in [6.45, 7) is 4.38. The van der Waals surface area contributed by atoms with E-state index in [1.807, 2.05) is 0 Å². The second-order valence-corrected chi connectivity index (χ2v) is 8.08. The van der Waals surface area contributed by atoms with Crippen LogP contribution in [0.3, 0.4) is 0 Å². The summed E-state index contributed by atoms with van der Waals surface area (Å²) in [5.74, 6) is 0. The van der Waals surface area contributed by atoms with Gasteiger partial charge in [-0.1, -0.05) is 75.4 Å². The summed E-state index contributed by atoms with van der Waals surface area (Å²) in [5, 5.41) is 1.92. The predicted molar refractivity (Wildman–Crippen MR) is 80.6 cm³/mol. The molecule has 0 nitrogen and oxygen atoms in total. The molecule has 0 aliphatic carbocycles. The zero-order valence-corrected chi connectivity index (χ0v) is 14.8. The summed E-state index contributed by atoms with van der Waals surface area (Å²) in [4.78, 5) is 0.507. The third-order valence-electron chi connectivity index (χ3n) is 2.00. The van der Waals surface area contributed by atoms with Crippen molar-refractivity contribution in [3.63, 3.8) is 0 Å². The molecule has 0 bridgehead atoms. The van der Waals surface area contributed by atoms with Crippen LogP contribution in [-0.2, 0) is 0 Å². The minimum atomic E-state index is 0.166. The molecule has 0 amide bonds. The van der Waals surface area contributed by atoms with Crippen LogP contribution < -0.4 is 0 Å². The smallest absolute Gasteiger partial charge is 0.0326 e. The lowest BCUT2D eigenvalue weighted by Gasteiger charge is -2.23. The first kappa shape index (κ1) is 15.7. The van der Waals surface area contributed by atoms with Crippen molar-refractivity contribution in [3.8, 4) is 0 Å². The molecule has 0 rings (SSSR count). The lowest BCUT2D eigenvalue weighted by molar-refractivity contribution is 0.638. The maximum absolute atomic E-state index is 3.71. The van der Waals surface area contributed by atoms with Crippen LogP contribution in [0.2, 0.25) is 0 Å². The topological polar surface area (TPSA) is 0 Å². The molecule has 0 spiro atoms. The van der Waals surface area contributed by atoms with Crippen LogP contribution in [0.15, 0.2) is 11.6 Å². The summed E-state index contributed by atoms with van der Waals surface area (Å²) < 4.78 is 0.166. The van der Waals surface area contributed by atoms with E-state index >= 15 is 0 Å². The van der Waals surface area contributed by atoms with Gasteiger partial charge in [-0.2, -0.15) is 0 Å². The average Bonchev–Trinajstić information content (AvgIpc) is 2.10. The monoisotopic (exact) mass is 452 g/mol. The van der Waals surface area contributed by atoms with E-state index in [9.17, 15) is 0 Å². The number of alkyl halides is 4. The van der Waals surface area contributed by atoms with Gasteiger partial charge in [0.2, 0.25) is 0 Å². The fourth-order valence-corrected chi connectivity index (χ4v) is 2.41. The van der Waals surface area contributed by atoms with E-state index in [1.54, 1.807) is 0 Å². The van der Waals surface area contributed by atoms with E-state index in [0.29, 0.717) is 4.83 Å². The normalized spacial score (nSPS) is 15.7. The van der Waals surface area contributed by atoms with Crippen LogP contribution in [0.25, 0.3) is 0 Å². The van der Waals surface area contributed by atoms with Crippen LogP contribution in [0.1, 0.15) is 26.7 Å². The van der Waals surface area contributed by atoms with E-state index in [-0.39, 0.29) is 4.32 Å². The summed E-state index contributed by atoms with van der Waals surface area (Å²) in [6.07, 6.45) is 4.53. The Morgan fingerprint density at radius 3 is 2.29 bits per heavy atom. The molecule has 0 fully saturated rings. The second-order valence-electron chi connectivity index (χ2n) is 3.72. The quantitative estimate of drug-likeness (QED) is 0.370. The maximum atomic E-state index is 3.71. The van der Waals surface area contributed by atoms with E-state index in [1.165, 1.54) is 5.57 Å². The highest BCUT2D eigenvalue weighted by molar-refractivity contribution is 9.12. The molecule has 14 heavy (non-hydrogen) atoms. The minimum Gasteiger partial charge on any atom is -0.0883 e. The number of hydrogen-bond acceptors (Lipinski definition) is 0. The molecule has 84 valence electrons. The Kier molecular flexibility index (Phi) is 8.79. The fourth-order valence-electron chi connectivity index (χ4n) is 0.988. The fraction of sp³-hybridized carbons (Fsp3) is 0.800. The minimum absolute atomic E-state index is 0.166. The molecular weight excluding hydrogens is 440 g/mol. The Labute approximate surface area is 121 Å². The Hall–Kier alpha value is 1.66. The van der Waals surface area contributed by atoms with Gasteiger partial charge in [0.1, 0.15) is 0 Å². The van der Waals surface area contributed by atoms with Crippen molar-refractivity contribution in [3.05, 3.63) is 11.6 Å². The lowest BCUT2D eigenvalue weighted by atomic mass is 10.0. The van der Waals surface area contributed by atoms with Crippen molar-refractivity contribution < 1.29 is 0 Å². The zero-order valence-electron chi connectivity index (χ0n) is 8.49. The van der Waals surface area contributed by atoms with Gasteiger partial charge in [-0.05, 0) is 26.7 Å². The molecule has 0 radical (unpaired) electrons. The van der Waals surface area contributed by atoms with Crippen LogP contribution in [0, 0.1) is 0 Å². The standard InChI is InChI=1S/C10H16Br4/c1-10(2,14)9(13)4-3-8(7-12)5-6-11/h5,9H,3-4,6-7H2,1-2H3. The average molecular weight is 456 g/mol. The van der Waals surface area contributed by atoms with Crippen molar-refractivity contribution in [1.82, 2.24) is 0 Å². The van der Waals surface area contributed by atoms with Crippen LogP contribution in [0.5, 0.6) is 0 Å². The Bertz CT molecular complexity index is 181. The first-order chi connectivity index (χ1) is 6.41. The third-order valence-corrected chi connectivity index (χ3v) is 5.81. The second kappa shape index (κ2) is 7.86. The molecule has 0 aromatic carbocycles. The Morgan fingerprint density at radius 1 is 1.36 bits per heavy atom. The van der Waals surface area contributed by atoms with E-state index in [2.05, 4.69) is 83.6 Å².